The number of fused-ring (bicyclic) bond motifs is 1. The van der Waals surface area contributed by atoms with Crippen molar-refractivity contribution in [1.29, 1.82) is 0 Å². The number of urea groups is 1. The molecule has 0 aliphatic heterocycles. The predicted octanol–water partition coefficient (Wildman–Crippen LogP) is 3.49. The molecule has 6 heteroatoms. The Labute approximate surface area is 125 Å². The van der Waals surface area contributed by atoms with Gasteiger partial charge in [0.05, 0.1) is 17.4 Å². The molecule has 0 aliphatic rings. The number of anilines is 1. The van der Waals surface area contributed by atoms with Crippen molar-refractivity contribution in [2.45, 2.75) is 0 Å². The Morgan fingerprint density at radius 1 is 1.23 bits per heavy atom. The maximum atomic E-state index is 13.0. The maximum Gasteiger partial charge on any atom is 0.323 e. The van der Waals surface area contributed by atoms with E-state index in [1.165, 1.54) is 18.3 Å². The zero-order valence-corrected chi connectivity index (χ0v) is 11.5. The first-order valence-corrected chi connectivity index (χ1v) is 6.63. The van der Waals surface area contributed by atoms with Crippen molar-refractivity contribution in [3.8, 4) is 0 Å². The van der Waals surface area contributed by atoms with Crippen molar-refractivity contribution in [2.24, 2.45) is 0 Å². The number of nitrogens with zero attached hydrogens (tertiary/aromatic N) is 1. The third kappa shape index (κ3) is 3.29. The van der Waals surface area contributed by atoms with Gasteiger partial charge in [-0.15, -0.1) is 0 Å². The Kier molecular flexibility index (Phi) is 3.82. The topological polar surface area (TPSA) is 69.8 Å². The molecule has 2 amide bonds. The Balaban J connectivity index is 1.60. The molecule has 3 N–H and O–H groups in total. The molecule has 0 spiro atoms. The second-order valence-electron chi connectivity index (χ2n) is 4.62. The van der Waals surface area contributed by atoms with Gasteiger partial charge < -0.3 is 15.6 Å². The van der Waals surface area contributed by atoms with E-state index >= 15 is 0 Å². The molecule has 1 heterocycles. The molecular weight excluding hydrogens is 283 g/mol. The number of nitrogens with one attached hydrogen (secondary N) is 3. The fourth-order valence-corrected chi connectivity index (χ4v) is 2.00. The number of carbonyl (C=O) groups is 1. The van der Waals surface area contributed by atoms with Gasteiger partial charge in [0.15, 0.2) is 0 Å². The molecule has 5 nitrogen and oxygen atoms in total. The number of rotatable bonds is 3. The van der Waals surface area contributed by atoms with Gasteiger partial charge >= 0.3 is 6.03 Å². The minimum atomic E-state index is -0.383. The van der Waals surface area contributed by atoms with Crippen LogP contribution < -0.4 is 10.6 Å². The molecule has 0 bridgehead atoms. The van der Waals surface area contributed by atoms with E-state index < -0.39 is 0 Å². The van der Waals surface area contributed by atoms with E-state index in [2.05, 4.69) is 20.6 Å². The molecule has 110 valence electrons. The van der Waals surface area contributed by atoms with Crippen molar-refractivity contribution < 1.29 is 9.18 Å². The van der Waals surface area contributed by atoms with Gasteiger partial charge in [0.2, 0.25) is 0 Å². The molecule has 3 aromatic rings. The Hall–Kier alpha value is -3.15. The number of aromatic amines is 1. The smallest absolute Gasteiger partial charge is 0.323 e. The van der Waals surface area contributed by atoms with Crippen LogP contribution in [0.4, 0.5) is 14.9 Å². The van der Waals surface area contributed by atoms with Crippen LogP contribution in [0.2, 0.25) is 0 Å². The summed E-state index contributed by atoms with van der Waals surface area (Å²) in [6.07, 6.45) is 4.66. The molecular formula is C16H13FN4O. The quantitative estimate of drug-likeness (QED) is 0.692. The van der Waals surface area contributed by atoms with Crippen LogP contribution in [-0.4, -0.2) is 16.0 Å². The molecule has 3 rings (SSSR count). The number of hydrogen-bond acceptors (Lipinski definition) is 2. The average molecular weight is 296 g/mol. The molecule has 0 fully saturated rings. The second kappa shape index (κ2) is 6.09. The number of halogens is 1. The fourth-order valence-electron chi connectivity index (χ4n) is 2.00. The first-order valence-electron chi connectivity index (χ1n) is 6.63. The van der Waals surface area contributed by atoms with Crippen LogP contribution >= 0.6 is 0 Å². The van der Waals surface area contributed by atoms with Crippen LogP contribution in [0.25, 0.3) is 17.1 Å². The van der Waals surface area contributed by atoms with E-state index in [0.29, 0.717) is 11.3 Å². The highest BCUT2D eigenvalue weighted by molar-refractivity contribution is 5.92. The first kappa shape index (κ1) is 13.8. The van der Waals surface area contributed by atoms with Gasteiger partial charge in [-0.05, 0) is 42.0 Å². The van der Waals surface area contributed by atoms with Crippen LogP contribution in [0.5, 0.6) is 0 Å². The van der Waals surface area contributed by atoms with E-state index in [9.17, 15) is 9.18 Å². The van der Waals surface area contributed by atoms with E-state index in [1.807, 2.05) is 6.07 Å². The summed E-state index contributed by atoms with van der Waals surface area (Å²) >= 11 is 0. The van der Waals surface area contributed by atoms with Crippen molar-refractivity contribution in [3.63, 3.8) is 0 Å². The summed E-state index contributed by atoms with van der Waals surface area (Å²) in [5, 5.41) is 5.26. The molecule has 0 atom stereocenters. The fraction of sp³-hybridized carbons (Fsp3) is 0. The van der Waals surface area contributed by atoms with Crippen LogP contribution in [0.15, 0.2) is 55.0 Å². The van der Waals surface area contributed by atoms with Gasteiger partial charge in [-0.2, -0.15) is 0 Å². The third-order valence-corrected chi connectivity index (χ3v) is 3.02. The minimum Gasteiger partial charge on any atom is -0.345 e. The predicted molar refractivity (Wildman–Crippen MR) is 83.7 cm³/mol. The largest absolute Gasteiger partial charge is 0.345 e. The van der Waals surface area contributed by atoms with Gasteiger partial charge in [-0.1, -0.05) is 12.1 Å². The lowest BCUT2D eigenvalue weighted by molar-refractivity contribution is 0.255. The highest BCUT2D eigenvalue weighted by Crippen LogP contribution is 2.15. The first-order chi connectivity index (χ1) is 10.7. The SMILES string of the molecule is O=C(N/C=C/c1cccc(F)c1)Nc1ccc2nc[nH]c2c1. The summed E-state index contributed by atoms with van der Waals surface area (Å²) in [7, 11) is 0. The standard InChI is InChI=1S/C16H13FN4O/c17-12-3-1-2-11(8-12)6-7-18-16(22)21-13-4-5-14-15(9-13)20-10-19-14/h1-10H,(H,19,20)(H2,18,21,22)/b7-6+. The summed E-state index contributed by atoms with van der Waals surface area (Å²) in [4.78, 5) is 18.8. The number of aromatic nitrogens is 2. The van der Waals surface area contributed by atoms with Gasteiger partial charge in [0.1, 0.15) is 5.82 Å². The Morgan fingerprint density at radius 3 is 3.00 bits per heavy atom. The van der Waals surface area contributed by atoms with Gasteiger partial charge in [-0.3, -0.25) is 0 Å². The van der Waals surface area contributed by atoms with E-state index in [1.54, 1.807) is 36.7 Å². The Bertz CT molecular complexity index is 841. The average Bonchev–Trinajstić information content (AvgIpc) is 2.95. The number of carbonyl (C=O) groups excluding carboxylic acids is 1. The van der Waals surface area contributed by atoms with Crippen molar-refractivity contribution in [1.82, 2.24) is 15.3 Å². The van der Waals surface area contributed by atoms with Gasteiger partial charge in [0.25, 0.3) is 0 Å². The summed E-state index contributed by atoms with van der Waals surface area (Å²) < 4.78 is 13.0. The summed E-state index contributed by atoms with van der Waals surface area (Å²) in [5.74, 6) is -0.320. The molecule has 2 aromatic carbocycles. The van der Waals surface area contributed by atoms with E-state index in [4.69, 9.17) is 0 Å². The molecule has 1 aromatic heterocycles. The normalized spacial score (nSPS) is 11.0. The highest BCUT2D eigenvalue weighted by Gasteiger charge is 2.01. The lowest BCUT2D eigenvalue weighted by atomic mass is 10.2. The number of imidazole rings is 1. The number of hydrogen-bond donors (Lipinski definition) is 3. The van der Waals surface area contributed by atoms with Crippen molar-refractivity contribution in [2.75, 3.05) is 5.32 Å². The van der Waals surface area contributed by atoms with Crippen LogP contribution in [0.1, 0.15) is 5.56 Å². The van der Waals surface area contributed by atoms with Gasteiger partial charge in [0, 0.05) is 11.9 Å². The monoisotopic (exact) mass is 296 g/mol. The summed E-state index contributed by atoms with van der Waals surface area (Å²) in [5.41, 5.74) is 2.98. The van der Waals surface area contributed by atoms with Crippen LogP contribution in [0.3, 0.4) is 0 Å². The maximum absolute atomic E-state index is 13.0. The summed E-state index contributed by atoms with van der Waals surface area (Å²) in [6.45, 7) is 0. The minimum absolute atomic E-state index is 0.320. The van der Waals surface area contributed by atoms with Crippen LogP contribution in [0, 0.1) is 5.82 Å². The van der Waals surface area contributed by atoms with E-state index in [-0.39, 0.29) is 11.8 Å². The Morgan fingerprint density at radius 2 is 2.14 bits per heavy atom. The summed E-state index contributed by atoms with van der Waals surface area (Å²) in [6, 6.07) is 11.1. The van der Waals surface area contributed by atoms with Crippen LogP contribution in [-0.2, 0) is 0 Å². The van der Waals surface area contributed by atoms with Gasteiger partial charge in [-0.25, -0.2) is 14.2 Å². The molecule has 0 saturated heterocycles. The molecule has 22 heavy (non-hydrogen) atoms. The zero-order valence-electron chi connectivity index (χ0n) is 11.5. The van der Waals surface area contributed by atoms with E-state index in [0.717, 1.165) is 11.0 Å². The zero-order chi connectivity index (χ0) is 15.4. The second-order valence-corrected chi connectivity index (χ2v) is 4.62. The highest BCUT2D eigenvalue weighted by atomic mass is 19.1. The molecule has 0 saturated carbocycles. The van der Waals surface area contributed by atoms with Crippen molar-refractivity contribution >= 4 is 28.8 Å². The third-order valence-electron chi connectivity index (χ3n) is 3.02. The molecule has 0 unspecified atom stereocenters. The molecule has 0 radical (unpaired) electrons. The molecule has 0 aliphatic carbocycles. The lowest BCUT2D eigenvalue weighted by Crippen LogP contribution is -2.23. The lowest BCUT2D eigenvalue weighted by Gasteiger charge is -2.04. The number of benzene rings is 2. The number of amides is 2. The number of H-pyrrole nitrogens is 1. The van der Waals surface area contributed by atoms with Crippen molar-refractivity contribution in [3.05, 3.63) is 66.4 Å².